The highest BCUT2D eigenvalue weighted by Crippen LogP contribution is 2.31. The number of hydrogen-bond acceptors (Lipinski definition) is 4. The first-order chi connectivity index (χ1) is 10.2. The Balaban J connectivity index is 1.96. The van der Waals surface area contributed by atoms with Gasteiger partial charge in [-0.3, -0.25) is 4.98 Å². The Bertz CT molecular complexity index is 774. The number of aromatic nitrogens is 1. The van der Waals surface area contributed by atoms with Gasteiger partial charge in [-0.1, -0.05) is 23.7 Å². The van der Waals surface area contributed by atoms with E-state index in [1.807, 2.05) is 36.4 Å². The number of rotatable bonds is 4. The topological polar surface area (TPSA) is 50.9 Å². The fourth-order valence-corrected chi connectivity index (χ4v) is 3.67. The van der Waals surface area contributed by atoms with Crippen molar-refractivity contribution in [1.29, 1.82) is 0 Å². The zero-order valence-corrected chi connectivity index (χ0v) is 14.2. The van der Waals surface area contributed by atoms with E-state index in [4.69, 9.17) is 17.3 Å². The minimum absolute atomic E-state index is 0.0264. The average molecular weight is 383 g/mol. The summed E-state index contributed by atoms with van der Waals surface area (Å²) in [4.78, 5) is 5.62. The Kier molecular flexibility index (Phi) is 4.45. The molecule has 2 aromatic heterocycles. The standard InChI is InChI=1S/C15H13BrClN3S/c16-10-6-9-2-1-3-11(15(9)19-8-10)20-12(7-18)13-4-5-14(17)21-13/h1-6,8,12,20H,7,18H2. The molecule has 0 spiro atoms. The van der Waals surface area contributed by atoms with E-state index < -0.39 is 0 Å². The molecule has 0 amide bonds. The predicted octanol–water partition coefficient (Wildman–Crippen LogP) is 4.82. The molecule has 108 valence electrons. The van der Waals surface area contributed by atoms with Gasteiger partial charge in [-0.05, 0) is 40.2 Å². The average Bonchev–Trinajstić information content (AvgIpc) is 2.90. The molecule has 1 aromatic carbocycles. The molecule has 0 aliphatic rings. The van der Waals surface area contributed by atoms with Crippen LogP contribution >= 0.6 is 38.9 Å². The Morgan fingerprint density at radius 1 is 1.33 bits per heavy atom. The summed E-state index contributed by atoms with van der Waals surface area (Å²) >= 11 is 11.0. The maximum atomic E-state index is 6.01. The maximum Gasteiger partial charge on any atom is 0.0934 e. The number of para-hydroxylation sites is 1. The van der Waals surface area contributed by atoms with Gasteiger partial charge < -0.3 is 11.1 Å². The predicted molar refractivity (Wildman–Crippen MR) is 94.2 cm³/mol. The summed E-state index contributed by atoms with van der Waals surface area (Å²) in [5.41, 5.74) is 7.81. The summed E-state index contributed by atoms with van der Waals surface area (Å²) in [5.74, 6) is 0. The van der Waals surface area contributed by atoms with Gasteiger partial charge in [-0.2, -0.15) is 0 Å². The molecule has 1 atom stereocenters. The van der Waals surface area contributed by atoms with Gasteiger partial charge in [0.25, 0.3) is 0 Å². The minimum atomic E-state index is 0.0264. The molecule has 2 heterocycles. The van der Waals surface area contributed by atoms with Crippen LogP contribution < -0.4 is 11.1 Å². The molecule has 21 heavy (non-hydrogen) atoms. The molecule has 0 bridgehead atoms. The van der Waals surface area contributed by atoms with E-state index >= 15 is 0 Å². The van der Waals surface area contributed by atoms with Gasteiger partial charge in [0, 0.05) is 27.5 Å². The first-order valence-corrected chi connectivity index (χ1v) is 8.42. The molecule has 3 nitrogen and oxygen atoms in total. The molecule has 0 fully saturated rings. The fourth-order valence-electron chi connectivity index (χ4n) is 2.20. The second kappa shape index (κ2) is 6.32. The molecule has 0 saturated carbocycles. The summed E-state index contributed by atoms with van der Waals surface area (Å²) in [6.07, 6.45) is 1.80. The van der Waals surface area contributed by atoms with Crippen molar-refractivity contribution in [1.82, 2.24) is 4.98 Å². The van der Waals surface area contributed by atoms with E-state index in [-0.39, 0.29) is 6.04 Å². The molecule has 3 N–H and O–H groups in total. The normalized spacial score (nSPS) is 12.5. The third kappa shape index (κ3) is 3.21. The van der Waals surface area contributed by atoms with Crippen LogP contribution in [0.4, 0.5) is 5.69 Å². The maximum absolute atomic E-state index is 6.01. The lowest BCUT2D eigenvalue weighted by molar-refractivity contribution is 0.807. The number of anilines is 1. The van der Waals surface area contributed by atoms with Crippen molar-refractivity contribution in [2.24, 2.45) is 5.73 Å². The number of hydrogen-bond donors (Lipinski definition) is 2. The van der Waals surface area contributed by atoms with Crippen molar-refractivity contribution in [3.63, 3.8) is 0 Å². The Morgan fingerprint density at radius 2 is 2.19 bits per heavy atom. The summed E-state index contributed by atoms with van der Waals surface area (Å²) in [7, 11) is 0. The van der Waals surface area contributed by atoms with E-state index in [9.17, 15) is 0 Å². The lowest BCUT2D eigenvalue weighted by Crippen LogP contribution is -2.19. The second-order valence-electron chi connectivity index (χ2n) is 4.61. The first-order valence-electron chi connectivity index (χ1n) is 6.43. The fraction of sp³-hybridized carbons (Fsp3) is 0.133. The number of halogens is 2. The van der Waals surface area contributed by atoms with Crippen LogP contribution in [-0.4, -0.2) is 11.5 Å². The summed E-state index contributed by atoms with van der Waals surface area (Å²) in [6, 6.07) is 12.0. The first kappa shape index (κ1) is 14.8. The molecule has 6 heteroatoms. The summed E-state index contributed by atoms with van der Waals surface area (Å²) in [5, 5.41) is 4.55. The van der Waals surface area contributed by atoms with Gasteiger partial charge in [-0.15, -0.1) is 11.3 Å². The molecule has 0 aliphatic heterocycles. The molecular formula is C15H13BrClN3S. The monoisotopic (exact) mass is 381 g/mol. The third-order valence-corrected chi connectivity index (χ3v) is 4.96. The van der Waals surface area contributed by atoms with E-state index in [2.05, 4.69) is 26.2 Å². The highest BCUT2D eigenvalue weighted by molar-refractivity contribution is 9.10. The van der Waals surface area contributed by atoms with E-state index in [0.29, 0.717) is 6.54 Å². The van der Waals surface area contributed by atoms with Crippen molar-refractivity contribution in [2.75, 3.05) is 11.9 Å². The van der Waals surface area contributed by atoms with Crippen molar-refractivity contribution in [2.45, 2.75) is 6.04 Å². The largest absolute Gasteiger partial charge is 0.374 e. The van der Waals surface area contributed by atoms with Crippen LogP contribution in [0, 0.1) is 0 Å². The Morgan fingerprint density at radius 3 is 2.90 bits per heavy atom. The number of benzene rings is 1. The summed E-state index contributed by atoms with van der Waals surface area (Å²) < 4.78 is 1.73. The molecule has 0 saturated heterocycles. The SMILES string of the molecule is NCC(Nc1cccc2cc(Br)cnc12)c1ccc(Cl)s1. The van der Waals surface area contributed by atoms with Crippen LogP contribution in [0.1, 0.15) is 10.9 Å². The zero-order valence-electron chi connectivity index (χ0n) is 11.0. The molecule has 3 aromatic rings. The minimum Gasteiger partial charge on any atom is -0.374 e. The third-order valence-electron chi connectivity index (χ3n) is 3.18. The number of pyridine rings is 1. The number of thiophene rings is 1. The molecule has 1 unspecified atom stereocenters. The smallest absolute Gasteiger partial charge is 0.0934 e. The highest BCUT2D eigenvalue weighted by atomic mass is 79.9. The van der Waals surface area contributed by atoms with E-state index in [0.717, 1.165) is 30.3 Å². The Hall–Kier alpha value is -1.14. The van der Waals surface area contributed by atoms with Crippen molar-refractivity contribution < 1.29 is 0 Å². The molecule has 3 rings (SSSR count). The van der Waals surface area contributed by atoms with Gasteiger partial charge in [0.2, 0.25) is 0 Å². The number of nitrogens with two attached hydrogens (primary N) is 1. The lowest BCUT2D eigenvalue weighted by atomic mass is 10.1. The Labute approximate surface area is 140 Å². The zero-order chi connectivity index (χ0) is 14.8. The van der Waals surface area contributed by atoms with Crippen LogP contribution in [0.25, 0.3) is 10.9 Å². The number of fused-ring (bicyclic) bond motifs is 1. The van der Waals surface area contributed by atoms with Crippen molar-refractivity contribution in [3.8, 4) is 0 Å². The quantitative estimate of drug-likeness (QED) is 0.680. The summed E-state index contributed by atoms with van der Waals surface area (Å²) in [6.45, 7) is 0.490. The van der Waals surface area contributed by atoms with Crippen LogP contribution in [0.2, 0.25) is 4.34 Å². The lowest BCUT2D eigenvalue weighted by Gasteiger charge is -2.18. The van der Waals surface area contributed by atoms with E-state index in [1.54, 1.807) is 17.5 Å². The van der Waals surface area contributed by atoms with Crippen molar-refractivity contribution >= 4 is 55.5 Å². The number of nitrogens with one attached hydrogen (secondary N) is 1. The van der Waals surface area contributed by atoms with Gasteiger partial charge in [0.15, 0.2) is 0 Å². The number of nitrogens with zero attached hydrogens (tertiary/aromatic N) is 1. The molecule has 0 radical (unpaired) electrons. The molecule has 0 aliphatic carbocycles. The van der Waals surface area contributed by atoms with Gasteiger partial charge >= 0.3 is 0 Å². The van der Waals surface area contributed by atoms with Gasteiger partial charge in [-0.25, -0.2) is 0 Å². The second-order valence-corrected chi connectivity index (χ2v) is 7.27. The highest BCUT2D eigenvalue weighted by Gasteiger charge is 2.13. The van der Waals surface area contributed by atoms with Gasteiger partial charge in [0.1, 0.15) is 0 Å². The van der Waals surface area contributed by atoms with Gasteiger partial charge in [0.05, 0.1) is 21.6 Å². The van der Waals surface area contributed by atoms with Crippen LogP contribution in [0.15, 0.2) is 47.1 Å². The van der Waals surface area contributed by atoms with Crippen LogP contribution in [0.5, 0.6) is 0 Å². The van der Waals surface area contributed by atoms with Crippen LogP contribution in [-0.2, 0) is 0 Å². The van der Waals surface area contributed by atoms with Crippen LogP contribution in [0.3, 0.4) is 0 Å². The van der Waals surface area contributed by atoms with E-state index in [1.165, 1.54) is 0 Å². The molecular weight excluding hydrogens is 370 g/mol. The van der Waals surface area contributed by atoms with Crippen molar-refractivity contribution in [3.05, 3.63) is 56.3 Å².